The fourth-order valence-electron chi connectivity index (χ4n) is 9.45. The summed E-state index contributed by atoms with van der Waals surface area (Å²) in [6.45, 7) is 6.56. The van der Waals surface area contributed by atoms with Gasteiger partial charge in [0.1, 0.15) is 22.7 Å². The van der Waals surface area contributed by atoms with Crippen LogP contribution in [-0.2, 0) is 26.5 Å². The molecule has 1 aliphatic rings. The fourth-order valence-corrected chi connectivity index (χ4v) is 9.45. The maximum absolute atomic E-state index is 5.22. The van der Waals surface area contributed by atoms with Gasteiger partial charge in [-0.25, -0.2) is 4.98 Å². The first-order chi connectivity index (χ1) is 30.9. The third-order valence-corrected chi connectivity index (χ3v) is 12.3. The van der Waals surface area contributed by atoms with Gasteiger partial charge in [0, 0.05) is 43.9 Å². The monoisotopic (exact) mass is 1010 g/mol. The van der Waals surface area contributed by atoms with Crippen LogP contribution in [0.2, 0.25) is 0 Å². The molecule has 314 valence electrons. The van der Waals surface area contributed by atoms with Gasteiger partial charge < -0.3 is 4.57 Å². The first kappa shape index (κ1) is 41.0. The molecule has 0 aliphatic carbocycles. The molecule has 0 amide bonds. The van der Waals surface area contributed by atoms with Gasteiger partial charge in [-0.2, -0.15) is 35.3 Å². The second-order valence-electron chi connectivity index (χ2n) is 17.1. The molecule has 0 atom stereocenters. The molecular weight excluding hydrogens is 964 g/mol. The Morgan fingerprint density at radius 3 is 1.80 bits per heavy atom. The maximum Gasteiger partial charge on any atom is 0.145 e. The Bertz CT molecular complexity index is 3230. The molecule has 10 aromatic rings. The van der Waals surface area contributed by atoms with Crippen molar-refractivity contribution < 1.29 is 26.0 Å². The quantitative estimate of drug-likeness (QED) is 0.0865. The number of hydrogen-bond donors (Lipinski definition) is 0. The number of rotatable bonds is 8. The number of nitrogens with zero attached hydrogens (tertiary/aromatic N) is 4. The molecule has 0 bridgehead atoms. The Kier molecular flexibility index (Phi) is 10.6. The van der Waals surface area contributed by atoms with E-state index >= 15 is 0 Å². The SMILES string of the molecule is CC(C)(C)N1[OH+]N(c2[c-]c(C(c3[c-]c4c(cc3)c3ccccc3n4-c3cc(-c4ccccc4-c4ccccc4)ccn3)(c3ccccc3)c3ccccc3)ccc2)c2ccccc21.[Pt]. The molecule has 0 radical (unpaired) electrons. The zero-order chi connectivity index (χ0) is 42.5. The maximum atomic E-state index is 5.22. The van der Waals surface area contributed by atoms with E-state index in [1.165, 1.54) is 11.1 Å². The van der Waals surface area contributed by atoms with Gasteiger partial charge >= 0.3 is 0 Å². The summed E-state index contributed by atoms with van der Waals surface area (Å²) in [5.74, 6) is 0.825. The predicted octanol–water partition coefficient (Wildman–Crippen LogP) is 14.1. The Labute approximate surface area is 389 Å². The van der Waals surface area contributed by atoms with Gasteiger partial charge in [0.15, 0.2) is 0 Å². The molecule has 5 nitrogen and oxygen atoms in total. The van der Waals surface area contributed by atoms with E-state index in [1.807, 2.05) is 11.3 Å². The Hall–Kier alpha value is -7.04. The van der Waals surface area contributed by atoms with Gasteiger partial charge in [0.05, 0.1) is 0 Å². The molecule has 6 heteroatoms. The van der Waals surface area contributed by atoms with Crippen LogP contribution in [0.5, 0.6) is 0 Å². The molecular formula is C58H45N4OPt-. The van der Waals surface area contributed by atoms with Crippen LogP contribution in [0.15, 0.2) is 212 Å². The van der Waals surface area contributed by atoms with Crippen LogP contribution < -0.4 is 10.1 Å². The standard InChI is InChI=1S/C58H44N4O.Pt/c1-57(2,3)62-54-33-18-17-32-53(54)61(63-62)47-27-19-26-45(39-47)58(43-22-9-5-10-23-43,44-24-11-6-12-25-44)46-34-35-51-50-30-15-16-31-52(50)60(55(51)40-46)56-38-42(36-37-59-56)49-29-14-13-28-48(49)41-20-7-4-8-21-41;/h4-38H,1-3H3;/q-2;/p+1. The zero-order valence-corrected chi connectivity index (χ0v) is 38.0. The fraction of sp³-hybridized carbons (Fsp3) is 0.0862. The van der Waals surface area contributed by atoms with Crippen molar-refractivity contribution in [3.8, 4) is 28.1 Å². The number of benzene rings is 8. The van der Waals surface area contributed by atoms with E-state index in [0.717, 1.165) is 78.1 Å². The Morgan fingerprint density at radius 1 is 0.500 bits per heavy atom. The second-order valence-corrected chi connectivity index (χ2v) is 17.1. The number of hydrogen-bond acceptors (Lipinski definition) is 3. The molecule has 0 saturated carbocycles. The number of anilines is 3. The second kappa shape index (κ2) is 16.6. The van der Waals surface area contributed by atoms with Gasteiger partial charge in [-0.3, -0.25) is 0 Å². The summed E-state index contributed by atoms with van der Waals surface area (Å²) in [7, 11) is 0. The molecule has 0 fully saturated rings. The third kappa shape index (κ3) is 6.84. The molecule has 1 aliphatic heterocycles. The number of fused-ring (bicyclic) bond motifs is 4. The summed E-state index contributed by atoms with van der Waals surface area (Å²) >= 11 is 0. The minimum absolute atomic E-state index is 0. The van der Waals surface area contributed by atoms with Crippen molar-refractivity contribution in [3.63, 3.8) is 0 Å². The van der Waals surface area contributed by atoms with Gasteiger partial charge in [-0.1, -0.05) is 151 Å². The number of aromatic nitrogens is 2. The Morgan fingerprint density at radius 2 is 1.09 bits per heavy atom. The smallest absolute Gasteiger partial charge is 0.145 e. The first-order valence-electron chi connectivity index (χ1n) is 21.5. The largest absolute Gasteiger partial charge is 0.319 e. The van der Waals surface area contributed by atoms with Crippen molar-refractivity contribution in [3.05, 3.63) is 247 Å². The van der Waals surface area contributed by atoms with Crippen molar-refractivity contribution in [2.24, 2.45) is 0 Å². The van der Waals surface area contributed by atoms with Gasteiger partial charge in [0.2, 0.25) is 0 Å². The van der Waals surface area contributed by atoms with Gasteiger partial charge in [-0.15, -0.1) is 38.8 Å². The van der Waals surface area contributed by atoms with Gasteiger partial charge in [0.25, 0.3) is 0 Å². The van der Waals surface area contributed by atoms with E-state index in [0.29, 0.717) is 0 Å². The minimum Gasteiger partial charge on any atom is -0.319 e. The van der Waals surface area contributed by atoms with Crippen molar-refractivity contribution >= 4 is 38.9 Å². The number of pyridine rings is 1. The van der Waals surface area contributed by atoms with Crippen molar-refractivity contribution in [2.45, 2.75) is 31.7 Å². The topological polar surface area (TPSA) is 37.1 Å². The molecule has 0 saturated heterocycles. The van der Waals surface area contributed by atoms with Crippen LogP contribution in [0.1, 0.15) is 43.0 Å². The van der Waals surface area contributed by atoms with Crippen LogP contribution in [0.25, 0.3) is 49.9 Å². The van der Waals surface area contributed by atoms with E-state index in [4.69, 9.17) is 9.92 Å². The van der Waals surface area contributed by atoms with E-state index in [9.17, 15) is 0 Å². The summed E-state index contributed by atoms with van der Waals surface area (Å²) in [6.07, 6.45) is 1.93. The Balaban J connectivity index is 0.00000484. The molecule has 11 rings (SSSR count). The molecule has 2 aromatic heterocycles. The number of hydroxylamine groups is 1. The van der Waals surface area contributed by atoms with Crippen molar-refractivity contribution in [2.75, 3.05) is 10.1 Å². The normalized spacial score (nSPS) is 12.7. The van der Waals surface area contributed by atoms with E-state index in [1.54, 1.807) is 0 Å². The molecule has 64 heavy (non-hydrogen) atoms. The zero-order valence-electron chi connectivity index (χ0n) is 35.8. The van der Waals surface area contributed by atoms with E-state index in [2.05, 4.69) is 249 Å². The summed E-state index contributed by atoms with van der Waals surface area (Å²) < 4.78 is 2.28. The van der Waals surface area contributed by atoms with E-state index < -0.39 is 5.41 Å². The number of para-hydroxylation sites is 3. The summed E-state index contributed by atoms with van der Waals surface area (Å²) in [4.78, 5) is 10.3. The van der Waals surface area contributed by atoms with Crippen LogP contribution in [-0.4, -0.2) is 20.0 Å². The first-order valence-corrected chi connectivity index (χ1v) is 21.5. The molecule has 8 aromatic carbocycles. The molecule has 3 heterocycles. The summed E-state index contributed by atoms with van der Waals surface area (Å²) in [5.41, 5.74) is 12.7. The van der Waals surface area contributed by atoms with Crippen LogP contribution in [0.4, 0.5) is 17.1 Å². The van der Waals surface area contributed by atoms with E-state index in [-0.39, 0.29) is 26.6 Å². The average Bonchev–Trinajstić information content (AvgIpc) is 3.90. The summed E-state index contributed by atoms with van der Waals surface area (Å²) in [6, 6.07) is 81.2. The van der Waals surface area contributed by atoms with Crippen LogP contribution in [0, 0.1) is 12.1 Å². The molecule has 1 N–H and O–H groups in total. The van der Waals surface area contributed by atoms with Crippen LogP contribution in [0.3, 0.4) is 0 Å². The van der Waals surface area contributed by atoms with Crippen molar-refractivity contribution in [1.82, 2.24) is 9.55 Å². The molecule has 0 spiro atoms. The predicted molar refractivity (Wildman–Crippen MR) is 258 cm³/mol. The summed E-state index contributed by atoms with van der Waals surface area (Å²) in [5, 5.41) is 6.38. The molecule has 0 unspecified atom stereocenters. The third-order valence-electron chi connectivity index (χ3n) is 12.3. The minimum atomic E-state index is -0.832. The average molecular weight is 1010 g/mol. The van der Waals surface area contributed by atoms with Crippen molar-refractivity contribution in [1.29, 1.82) is 0 Å². The van der Waals surface area contributed by atoms with Crippen LogP contribution >= 0.6 is 0 Å². The van der Waals surface area contributed by atoms with Gasteiger partial charge in [-0.05, 0) is 89.9 Å².